The minimum atomic E-state index is 0.263. The summed E-state index contributed by atoms with van der Waals surface area (Å²) in [6.45, 7) is 0. The number of benzene rings is 6. The van der Waals surface area contributed by atoms with E-state index in [1.54, 1.807) is 0 Å². The molecule has 0 aliphatic heterocycles. The Bertz CT molecular complexity index is 1990. The van der Waals surface area contributed by atoms with E-state index in [-0.39, 0.29) is 11.8 Å². The van der Waals surface area contributed by atoms with E-state index in [1.165, 1.54) is 66.1 Å². The van der Waals surface area contributed by atoms with E-state index in [2.05, 4.69) is 158 Å². The molecular formula is C40H28. The van der Waals surface area contributed by atoms with Gasteiger partial charge < -0.3 is 0 Å². The minimum Gasteiger partial charge on any atom is -0.0760 e. The van der Waals surface area contributed by atoms with Gasteiger partial charge in [-0.25, -0.2) is 0 Å². The van der Waals surface area contributed by atoms with Gasteiger partial charge in [0.2, 0.25) is 0 Å². The van der Waals surface area contributed by atoms with Crippen molar-refractivity contribution in [2.24, 2.45) is 5.92 Å². The SMILES string of the molecule is C1=CC2=C(c3ccc(-c4ccc5ccccc5c4)cc3)c3ccccc3C(c3cccc4ccccc34)C2C=C1. The third-order valence-corrected chi connectivity index (χ3v) is 8.69. The Hall–Kier alpha value is -4.94. The Morgan fingerprint density at radius 1 is 0.450 bits per heavy atom. The van der Waals surface area contributed by atoms with Crippen molar-refractivity contribution >= 4 is 27.1 Å². The molecule has 40 heavy (non-hydrogen) atoms. The topological polar surface area (TPSA) is 0 Å². The average molecular weight is 509 g/mol. The Morgan fingerprint density at radius 2 is 1.12 bits per heavy atom. The van der Waals surface area contributed by atoms with Gasteiger partial charge in [0.1, 0.15) is 0 Å². The first-order chi connectivity index (χ1) is 19.8. The van der Waals surface area contributed by atoms with E-state index < -0.39 is 0 Å². The Labute approximate surface area is 235 Å². The van der Waals surface area contributed by atoms with Gasteiger partial charge in [0, 0.05) is 11.8 Å². The predicted octanol–water partition coefficient (Wildman–Crippen LogP) is 10.3. The van der Waals surface area contributed by atoms with Gasteiger partial charge >= 0.3 is 0 Å². The first-order valence-corrected chi connectivity index (χ1v) is 14.1. The fourth-order valence-corrected chi connectivity index (χ4v) is 6.85. The first-order valence-electron chi connectivity index (χ1n) is 14.1. The second kappa shape index (κ2) is 9.36. The normalized spacial score (nSPS) is 17.7. The summed E-state index contributed by atoms with van der Waals surface area (Å²) in [7, 11) is 0. The molecule has 0 aromatic heterocycles. The van der Waals surface area contributed by atoms with Crippen LogP contribution in [0.5, 0.6) is 0 Å². The van der Waals surface area contributed by atoms with Crippen LogP contribution in [0.3, 0.4) is 0 Å². The molecule has 6 aromatic carbocycles. The van der Waals surface area contributed by atoms with Crippen molar-refractivity contribution in [2.75, 3.05) is 0 Å². The molecule has 2 aliphatic rings. The Morgan fingerprint density at radius 3 is 2.02 bits per heavy atom. The van der Waals surface area contributed by atoms with E-state index in [0.29, 0.717) is 0 Å². The molecule has 2 atom stereocenters. The zero-order chi connectivity index (χ0) is 26.5. The lowest BCUT2D eigenvalue weighted by Gasteiger charge is -2.37. The van der Waals surface area contributed by atoms with E-state index in [1.807, 2.05) is 0 Å². The van der Waals surface area contributed by atoms with Gasteiger partial charge in [0.05, 0.1) is 0 Å². The van der Waals surface area contributed by atoms with Crippen LogP contribution in [0.1, 0.15) is 28.2 Å². The zero-order valence-corrected chi connectivity index (χ0v) is 22.2. The molecule has 0 heteroatoms. The van der Waals surface area contributed by atoms with Crippen molar-refractivity contribution in [1.29, 1.82) is 0 Å². The number of hydrogen-bond acceptors (Lipinski definition) is 0. The van der Waals surface area contributed by atoms with Crippen LogP contribution < -0.4 is 0 Å². The molecule has 2 aliphatic carbocycles. The number of allylic oxidation sites excluding steroid dienone is 5. The molecular weight excluding hydrogens is 480 g/mol. The molecule has 0 bridgehead atoms. The Balaban J connectivity index is 1.28. The lowest BCUT2D eigenvalue weighted by molar-refractivity contribution is 0.653. The van der Waals surface area contributed by atoms with Gasteiger partial charge in [-0.1, -0.05) is 152 Å². The highest BCUT2D eigenvalue weighted by atomic mass is 14.4. The maximum atomic E-state index is 2.40. The molecule has 0 N–H and O–H groups in total. The highest BCUT2D eigenvalue weighted by Crippen LogP contribution is 2.51. The maximum Gasteiger partial charge on any atom is 0.0205 e. The molecule has 0 amide bonds. The van der Waals surface area contributed by atoms with Crippen molar-refractivity contribution < 1.29 is 0 Å². The van der Waals surface area contributed by atoms with Crippen molar-refractivity contribution in [3.63, 3.8) is 0 Å². The summed E-state index contributed by atoms with van der Waals surface area (Å²) in [4.78, 5) is 0. The molecule has 0 radical (unpaired) electrons. The van der Waals surface area contributed by atoms with E-state index in [9.17, 15) is 0 Å². The summed E-state index contributed by atoms with van der Waals surface area (Å²) in [5, 5.41) is 5.19. The highest BCUT2D eigenvalue weighted by molar-refractivity contribution is 5.92. The average Bonchev–Trinajstić information content (AvgIpc) is 3.03. The van der Waals surface area contributed by atoms with E-state index in [4.69, 9.17) is 0 Å². The van der Waals surface area contributed by atoms with Crippen LogP contribution >= 0.6 is 0 Å². The van der Waals surface area contributed by atoms with E-state index in [0.717, 1.165) is 0 Å². The first kappa shape index (κ1) is 23.0. The molecule has 8 rings (SSSR count). The van der Waals surface area contributed by atoms with Crippen LogP contribution in [0.15, 0.2) is 163 Å². The van der Waals surface area contributed by atoms with Crippen molar-refractivity contribution in [3.05, 3.63) is 186 Å². The van der Waals surface area contributed by atoms with Gasteiger partial charge in [-0.3, -0.25) is 0 Å². The molecule has 0 nitrogen and oxygen atoms in total. The van der Waals surface area contributed by atoms with E-state index >= 15 is 0 Å². The molecule has 0 fully saturated rings. The molecule has 0 spiro atoms. The third kappa shape index (κ3) is 3.68. The summed E-state index contributed by atoms with van der Waals surface area (Å²) in [6, 6.07) is 49.1. The third-order valence-electron chi connectivity index (χ3n) is 8.69. The monoisotopic (exact) mass is 508 g/mol. The fraction of sp³-hybridized carbons (Fsp3) is 0.0500. The summed E-state index contributed by atoms with van der Waals surface area (Å²) >= 11 is 0. The molecule has 0 saturated heterocycles. The quantitative estimate of drug-likeness (QED) is 0.223. The van der Waals surface area contributed by atoms with Crippen LogP contribution in [0.4, 0.5) is 0 Å². The van der Waals surface area contributed by atoms with Crippen LogP contribution in [0, 0.1) is 5.92 Å². The summed E-state index contributed by atoms with van der Waals surface area (Å²) < 4.78 is 0. The van der Waals surface area contributed by atoms with Gasteiger partial charge in [-0.15, -0.1) is 0 Å². The second-order valence-electron chi connectivity index (χ2n) is 10.9. The largest absolute Gasteiger partial charge is 0.0760 e. The zero-order valence-electron chi connectivity index (χ0n) is 22.2. The van der Waals surface area contributed by atoms with Gasteiger partial charge in [-0.05, 0) is 72.1 Å². The van der Waals surface area contributed by atoms with Gasteiger partial charge in [0.15, 0.2) is 0 Å². The van der Waals surface area contributed by atoms with Gasteiger partial charge in [-0.2, -0.15) is 0 Å². The summed E-state index contributed by atoms with van der Waals surface area (Å²) in [6.07, 6.45) is 9.16. The summed E-state index contributed by atoms with van der Waals surface area (Å²) in [5.74, 6) is 0.542. The van der Waals surface area contributed by atoms with Crippen LogP contribution in [0.2, 0.25) is 0 Å². The van der Waals surface area contributed by atoms with Gasteiger partial charge in [0.25, 0.3) is 0 Å². The minimum absolute atomic E-state index is 0.263. The number of rotatable bonds is 3. The molecule has 188 valence electrons. The molecule has 0 heterocycles. The maximum absolute atomic E-state index is 2.40. The van der Waals surface area contributed by atoms with Crippen LogP contribution in [-0.2, 0) is 0 Å². The lowest BCUT2D eigenvalue weighted by atomic mass is 9.66. The second-order valence-corrected chi connectivity index (χ2v) is 10.9. The standard InChI is InChI=1S/C40H28/c1-2-12-31-26-32(25-22-27(31)10-1)28-20-23-30(24-21-28)39-35-15-5-7-17-37(35)40(38-18-8-6-16-36(38)39)34-19-9-13-29-11-3-4-14-33(29)34/h1-26,37,40H. The number of hydrogen-bond donors (Lipinski definition) is 0. The smallest absolute Gasteiger partial charge is 0.0205 e. The Kier molecular flexibility index (Phi) is 5.38. The van der Waals surface area contributed by atoms with Crippen LogP contribution in [-0.4, -0.2) is 0 Å². The predicted molar refractivity (Wildman–Crippen MR) is 169 cm³/mol. The number of fused-ring (bicyclic) bond motifs is 4. The molecule has 0 saturated carbocycles. The summed E-state index contributed by atoms with van der Waals surface area (Å²) in [5.41, 5.74) is 10.7. The molecule has 6 aromatic rings. The fourth-order valence-electron chi connectivity index (χ4n) is 6.85. The van der Waals surface area contributed by atoms with Crippen molar-refractivity contribution in [3.8, 4) is 11.1 Å². The molecule has 2 unspecified atom stereocenters. The lowest BCUT2D eigenvalue weighted by Crippen LogP contribution is -2.23. The van der Waals surface area contributed by atoms with Crippen molar-refractivity contribution in [2.45, 2.75) is 5.92 Å². The highest BCUT2D eigenvalue weighted by Gasteiger charge is 2.35. The van der Waals surface area contributed by atoms with Crippen LogP contribution in [0.25, 0.3) is 38.2 Å². The van der Waals surface area contributed by atoms with Crippen molar-refractivity contribution in [1.82, 2.24) is 0 Å².